The molecule has 3 aromatic rings. The second-order valence-corrected chi connectivity index (χ2v) is 10.1. The van der Waals surface area contributed by atoms with Gasteiger partial charge in [-0.1, -0.05) is 43.0 Å². The van der Waals surface area contributed by atoms with Gasteiger partial charge in [-0.2, -0.15) is 5.10 Å². The summed E-state index contributed by atoms with van der Waals surface area (Å²) in [6.45, 7) is 4.18. The molecule has 2 aromatic heterocycles. The summed E-state index contributed by atoms with van der Waals surface area (Å²) in [6, 6.07) is 13.8. The minimum Gasteiger partial charge on any atom is -0.351 e. The van der Waals surface area contributed by atoms with Gasteiger partial charge in [0.05, 0.1) is 11.4 Å². The summed E-state index contributed by atoms with van der Waals surface area (Å²) in [5.74, 6) is -0.311. The maximum absolute atomic E-state index is 13.8. The summed E-state index contributed by atoms with van der Waals surface area (Å²) in [4.78, 5) is 30.1. The molecule has 166 valence electrons. The van der Waals surface area contributed by atoms with Crippen LogP contribution >= 0.6 is 11.3 Å². The van der Waals surface area contributed by atoms with E-state index in [1.807, 2.05) is 61.7 Å². The Hall–Kier alpha value is -2.93. The molecule has 0 radical (unpaired) electrons. The maximum Gasteiger partial charge on any atom is 0.277 e. The third-order valence-corrected chi connectivity index (χ3v) is 7.54. The van der Waals surface area contributed by atoms with Crippen LogP contribution in [0.25, 0.3) is 10.6 Å². The van der Waals surface area contributed by atoms with Crippen LogP contribution in [0.2, 0.25) is 0 Å². The Kier molecular flexibility index (Phi) is 5.37. The van der Waals surface area contributed by atoms with Crippen molar-refractivity contribution in [3.63, 3.8) is 0 Å². The number of benzene rings is 1. The molecule has 32 heavy (non-hydrogen) atoms. The number of hydrogen-bond donors (Lipinski definition) is 1. The van der Waals surface area contributed by atoms with Crippen LogP contribution in [0, 0.1) is 6.92 Å². The molecule has 1 saturated carbocycles. The van der Waals surface area contributed by atoms with E-state index >= 15 is 0 Å². The Labute approximate surface area is 192 Å². The van der Waals surface area contributed by atoms with Crippen molar-refractivity contribution in [2.24, 2.45) is 0 Å². The van der Waals surface area contributed by atoms with Gasteiger partial charge in [0.15, 0.2) is 0 Å². The predicted octanol–water partition coefficient (Wildman–Crippen LogP) is 4.79. The number of aryl methyl sites for hydroxylation is 1. The zero-order chi connectivity index (χ0) is 22.3. The molecule has 0 saturated heterocycles. The van der Waals surface area contributed by atoms with Gasteiger partial charge in [-0.15, -0.1) is 11.3 Å². The van der Waals surface area contributed by atoms with Gasteiger partial charge >= 0.3 is 0 Å². The molecule has 1 atom stereocenters. The average molecular weight is 449 g/mol. The number of rotatable bonds is 4. The molecule has 1 aromatic carbocycles. The van der Waals surface area contributed by atoms with Crippen LogP contribution in [0.5, 0.6) is 0 Å². The summed E-state index contributed by atoms with van der Waals surface area (Å²) in [7, 11) is 0. The van der Waals surface area contributed by atoms with Crippen LogP contribution in [0.3, 0.4) is 0 Å². The zero-order valence-corrected chi connectivity index (χ0v) is 19.3. The topological polar surface area (TPSA) is 67.2 Å². The van der Waals surface area contributed by atoms with Crippen LogP contribution in [0.15, 0.2) is 47.8 Å². The zero-order valence-electron chi connectivity index (χ0n) is 18.5. The normalized spacial score (nSPS) is 21.4. The smallest absolute Gasteiger partial charge is 0.277 e. The minimum absolute atomic E-state index is 0.114. The summed E-state index contributed by atoms with van der Waals surface area (Å²) in [6.07, 6.45) is 5.48. The highest BCUT2D eigenvalue weighted by molar-refractivity contribution is 7.13. The third kappa shape index (κ3) is 3.64. The van der Waals surface area contributed by atoms with E-state index in [9.17, 15) is 9.59 Å². The highest BCUT2D eigenvalue weighted by atomic mass is 32.1. The number of carbonyl (C=O) groups excluding carboxylic acids is 2. The van der Waals surface area contributed by atoms with E-state index in [2.05, 4.69) is 5.32 Å². The number of anilines is 1. The number of fused-ring (bicyclic) bond motifs is 1. The van der Waals surface area contributed by atoms with Gasteiger partial charge in [-0.25, -0.2) is 0 Å². The van der Waals surface area contributed by atoms with Crippen molar-refractivity contribution in [1.82, 2.24) is 15.1 Å². The quantitative estimate of drug-likeness (QED) is 0.624. The van der Waals surface area contributed by atoms with E-state index in [1.54, 1.807) is 20.9 Å². The molecular weight excluding hydrogens is 420 g/mol. The first-order valence-electron chi connectivity index (χ1n) is 11.3. The highest BCUT2D eigenvalue weighted by Crippen LogP contribution is 2.35. The van der Waals surface area contributed by atoms with Crippen molar-refractivity contribution in [3.8, 4) is 10.6 Å². The van der Waals surface area contributed by atoms with Gasteiger partial charge < -0.3 is 5.32 Å². The minimum atomic E-state index is -1.07. The summed E-state index contributed by atoms with van der Waals surface area (Å²) >= 11 is 1.59. The van der Waals surface area contributed by atoms with Crippen LogP contribution < -0.4 is 10.2 Å². The molecule has 0 spiro atoms. The van der Waals surface area contributed by atoms with E-state index in [0.717, 1.165) is 47.5 Å². The van der Waals surface area contributed by atoms with E-state index in [0.29, 0.717) is 12.2 Å². The number of nitrogens with zero attached hydrogens (tertiary/aromatic N) is 3. The number of aromatic nitrogens is 2. The number of amides is 2. The fourth-order valence-electron chi connectivity index (χ4n) is 4.81. The van der Waals surface area contributed by atoms with Crippen LogP contribution in [0.4, 0.5) is 5.69 Å². The monoisotopic (exact) mass is 448 g/mol. The molecule has 1 fully saturated rings. The van der Waals surface area contributed by atoms with Crippen molar-refractivity contribution >= 4 is 28.8 Å². The van der Waals surface area contributed by atoms with Gasteiger partial charge in [0.1, 0.15) is 16.9 Å². The lowest BCUT2D eigenvalue weighted by Gasteiger charge is -2.44. The Morgan fingerprint density at radius 2 is 1.91 bits per heavy atom. The molecule has 1 N–H and O–H groups in total. The predicted molar refractivity (Wildman–Crippen MR) is 127 cm³/mol. The second-order valence-electron chi connectivity index (χ2n) is 9.11. The first-order valence-corrected chi connectivity index (χ1v) is 12.2. The first-order chi connectivity index (χ1) is 15.5. The van der Waals surface area contributed by atoms with Crippen LogP contribution in [-0.4, -0.2) is 33.2 Å². The molecule has 6 nitrogen and oxygen atoms in total. The van der Waals surface area contributed by atoms with E-state index in [-0.39, 0.29) is 17.9 Å². The van der Waals surface area contributed by atoms with Crippen molar-refractivity contribution in [2.45, 2.75) is 64.1 Å². The molecule has 0 bridgehead atoms. The lowest BCUT2D eigenvalue weighted by molar-refractivity contribution is -0.127. The van der Waals surface area contributed by atoms with Crippen molar-refractivity contribution < 1.29 is 9.59 Å². The number of hydrogen-bond acceptors (Lipinski definition) is 4. The fraction of sp³-hybridized carbons (Fsp3) is 0.400. The Morgan fingerprint density at radius 3 is 2.59 bits per heavy atom. The summed E-state index contributed by atoms with van der Waals surface area (Å²) < 4.78 is 1.71. The molecule has 1 aliphatic heterocycles. The van der Waals surface area contributed by atoms with Crippen LogP contribution in [-0.2, 0) is 11.3 Å². The Bertz CT molecular complexity index is 1130. The van der Waals surface area contributed by atoms with Crippen molar-refractivity contribution in [2.75, 3.05) is 4.90 Å². The van der Waals surface area contributed by atoms with Gasteiger partial charge in [-0.3, -0.25) is 19.2 Å². The second kappa shape index (κ2) is 8.20. The number of nitrogens with one attached hydrogen (secondary N) is 1. The fourth-order valence-corrected chi connectivity index (χ4v) is 5.49. The van der Waals surface area contributed by atoms with Gasteiger partial charge in [0.25, 0.3) is 5.91 Å². The largest absolute Gasteiger partial charge is 0.351 e. The van der Waals surface area contributed by atoms with E-state index < -0.39 is 5.54 Å². The molecule has 5 rings (SSSR count). The van der Waals surface area contributed by atoms with Crippen molar-refractivity contribution in [3.05, 3.63) is 59.1 Å². The van der Waals surface area contributed by atoms with E-state index in [1.165, 1.54) is 6.42 Å². The van der Waals surface area contributed by atoms with Crippen LogP contribution in [0.1, 0.15) is 55.1 Å². The standard InChI is InChI=1S/C25H28N4O2S/c1-17-10-12-19(13-11-17)29-23(30)21-15-20(22-9-6-14-32-22)27-28(21)16-25(29,2)24(31)26-18-7-4-3-5-8-18/h6,9-15,18H,3-5,7-8,16H2,1-2H3,(H,26,31)/t25-/m1/s1. The summed E-state index contributed by atoms with van der Waals surface area (Å²) in [5.41, 5.74) is 2.04. The van der Waals surface area contributed by atoms with Crippen molar-refractivity contribution in [1.29, 1.82) is 0 Å². The lowest BCUT2D eigenvalue weighted by atomic mass is 9.91. The van der Waals surface area contributed by atoms with E-state index in [4.69, 9.17) is 5.10 Å². The molecular formula is C25H28N4O2S. The Morgan fingerprint density at radius 1 is 1.16 bits per heavy atom. The van der Waals surface area contributed by atoms with Gasteiger partial charge in [0.2, 0.25) is 5.91 Å². The molecule has 1 aliphatic carbocycles. The number of thiophene rings is 1. The third-order valence-electron chi connectivity index (χ3n) is 6.65. The SMILES string of the molecule is Cc1ccc(N2C(=O)c3cc(-c4cccs4)nn3C[C@]2(C)C(=O)NC2CCCCC2)cc1. The first kappa shape index (κ1) is 20.9. The Balaban J connectivity index is 1.55. The molecule has 7 heteroatoms. The molecule has 2 aliphatic rings. The maximum atomic E-state index is 13.8. The highest BCUT2D eigenvalue weighted by Gasteiger charge is 2.49. The molecule has 0 unspecified atom stereocenters. The number of carbonyl (C=O) groups is 2. The molecule has 2 amide bonds. The summed E-state index contributed by atoms with van der Waals surface area (Å²) in [5, 5.41) is 9.96. The average Bonchev–Trinajstić information content (AvgIpc) is 3.46. The molecule has 3 heterocycles. The lowest BCUT2D eigenvalue weighted by Crippen LogP contribution is -2.65. The van der Waals surface area contributed by atoms with Gasteiger partial charge in [0, 0.05) is 11.7 Å². The van der Waals surface area contributed by atoms with Gasteiger partial charge in [-0.05, 0) is 56.3 Å².